The standard InChI is InChI=1S/C19H17Cl2N3O2S2/c1-9-3-4-11-12(8-22)18(28-15(11)5-9)24-19(27)23-17(25)10-6-13(20)16(26-2)14(21)7-10/h6-7,9H,3-5H2,1-2H3,(H2,23,24,25,27)/t9-/m1/s1. The SMILES string of the molecule is COc1c(Cl)cc(C(=O)NC(=S)Nc2sc3c(c2C#N)CC[C@@H](C)C3)cc1Cl. The van der Waals surface area contributed by atoms with Crippen LogP contribution in [-0.4, -0.2) is 18.1 Å². The molecule has 1 aliphatic carbocycles. The Hall–Kier alpha value is -1.85. The fourth-order valence-electron chi connectivity index (χ4n) is 3.15. The Kier molecular flexibility index (Phi) is 6.46. The van der Waals surface area contributed by atoms with E-state index < -0.39 is 5.91 Å². The van der Waals surface area contributed by atoms with Gasteiger partial charge < -0.3 is 10.1 Å². The first-order valence-corrected chi connectivity index (χ1v) is 10.5. The van der Waals surface area contributed by atoms with Crippen molar-refractivity contribution in [1.29, 1.82) is 5.26 Å². The third-order valence-corrected chi connectivity index (χ3v) is 6.48. The highest BCUT2D eigenvalue weighted by Crippen LogP contribution is 2.39. The summed E-state index contributed by atoms with van der Waals surface area (Å²) in [7, 11) is 1.44. The molecule has 0 bridgehead atoms. The van der Waals surface area contributed by atoms with E-state index in [9.17, 15) is 10.1 Å². The van der Waals surface area contributed by atoms with Gasteiger partial charge in [-0.2, -0.15) is 5.26 Å². The molecule has 28 heavy (non-hydrogen) atoms. The summed E-state index contributed by atoms with van der Waals surface area (Å²) in [5, 5.41) is 16.4. The van der Waals surface area contributed by atoms with Gasteiger partial charge in [0.15, 0.2) is 10.9 Å². The Bertz CT molecular complexity index is 975. The number of carbonyl (C=O) groups is 1. The number of rotatable bonds is 3. The Morgan fingerprint density at radius 3 is 2.68 bits per heavy atom. The van der Waals surface area contributed by atoms with Crippen LogP contribution in [0.15, 0.2) is 12.1 Å². The minimum Gasteiger partial charge on any atom is -0.494 e. The fraction of sp³-hybridized carbons (Fsp3) is 0.316. The summed E-state index contributed by atoms with van der Waals surface area (Å²) in [5.74, 6) is 0.441. The van der Waals surface area contributed by atoms with E-state index in [4.69, 9.17) is 40.2 Å². The lowest BCUT2D eigenvalue weighted by molar-refractivity contribution is 0.0977. The van der Waals surface area contributed by atoms with Crippen LogP contribution < -0.4 is 15.4 Å². The van der Waals surface area contributed by atoms with Crippen LogP contribution in [0.4, 0.5) is 5.00 Å². The number of fused-ring (bicyclic) bond motifs is 1. The molecule has 0 spiro atoms. The summed E-state index contributed by atoms with van der Waals surface area (Å²) in [6, 6.07) is 5.17. The van der Waals surface area contributed by atoms with Crippen LogP contribution in [-0.2, 0) is 12.8 Å². The number of ether oxygens (including phenoxy) is 1. The Morgan fingerprint density at radius 1 is 1.39 bits per heavy atom. The van der Waals surface area contributed by atoms with Crippen molar-refractivity contribution >= 4 is 62.8 Å². The van der Waals surface area contributed by atoms with Crippen molar-refractivity contribution in [3.05, 3.63) is 43.7 Å². The number of halogens is 2. The normalized spacial score (nSPS) is 15.3. The molecule has 0 saturated carbocycles. The number of amides is 1. The van der Waals surface area contributed by atoms with Crippen molar-refractivity contribution in [2.24, 2.45) is 5.92 Å². The fourth-order valence-corrected chi connectivity index (χ4v) is 5.42. The molecule has 9 heteroatoms. The van der Waals surface area contributed by atoms with Crippen molar-refractivity contribution in [1.82, 2.24) is 5.32 Å². The molecule has 146 valence electrons. The van der Waals surface area contributed by atoms with Crippen molar-refractivity contribution in [3.8, 4) is 11.8 Å². The number of carbonyl (C=O) groups excluding carboxylic acids is 1. The summed E-state index contributed by atoms with van der Waals surface area (Å²) >= 11 is 18.9. The second kappa shape index (κ2) is 8.66. The van der Waals surface area contributed by atoms with E-state index in [0.29, 0.717) is 22.2 Å². The topological polar surface area (TPSA) is 74.2 Å². The zero-order chi connectivity index (χ0) is 20.4. The Balaban J connectivity index is 1.75. The second-order valence-corrected chi connectivity index (χ2v) is 8.88. The zero-order valence-electron chi connectivity index (χ0n) is 15.2. The number of hydrogen-bond acceptors (Lipinski definition) is 5. The summed E-state index contributed by atoms with van der Waals surface area (Å²) in [4.78, 5) is 13.7. The number of benzene rings is 1. The molecule has 2 aromatic rings. The van der Waals surface area contributed by atoms with E-state index in [0.717, 1.165) is 24.8 Å². The van der Waals surface area contributed by atoms with Gasteiger partial charge in [0, 0.05) is 10.4 Å². The van der Waals surface area contributed by atoms with Gasteiger partial charge in [-0.05, 0) is 55.1 Å². The molecule has 1 aromatic carbocycles. The van der Waals surface area contributed by atoms with Gasteiger partial charge in [0.25, 0.3) is 5.91 Å². The summed E-state index contributed by atoms with van der Waals surface area (Å²) < 4.78 is 5.08. The summed E-state index contributed by atoms with van der Waals surface area (Å²) in [6.07, 6.45) is 2.91. The highest BCUT2D eigenvalue weighted by molar-refractivity contribution is 7.80. The van der Waals surface area contributed by atoms with E-state index in [-0.39, 0.29) is 20.7 Å². The third kappa shape index (κ3) is 4.26. The van der Waals surface area contributed by atoms with Gasteiger partial charge in [0.1, 0.15) is 11.1 Å². The van der Waals surface area contributed by atoms with E-state index in [1.165, 1.54) is 35.5 Å². The monoisotopic (exact) mass is 453 g/mol. The van der Waals surface area contributed by atoms with Gasteiger partial charge in [0.05, 0.1) is 22.7 Å². The van der Waals surface area contributed by atoms with Crippen molar-refractivity contribution < 1.29 is 9.53 Å². The van der Waals surface area contributed by atoms with E-state index in [1.807, 2.05) is 0 Å². The van der Waals surface area contributed by atoms with E-state index >= 15 is 0 Å². The molecule has 1 amide bonds. The number of hydrogen-bond donors (Lipinski definition) is 2. The first kappa shape index (κ1) is 20.9. The number of methoxy groups -OCH3 is 1. The van der Waals surface area contributed by atoms with Crippen LogP contribution in [0.5, 0.6) is 5.75 Å². The Morgan fingerprint density at radius 2 is 2.07 bits per heavy atom. The molecule has 5 nitrogen and oxygen atoms in total. The predicted molar refractivity (Wildman–Crippen MR) is 117 cm³/mol. The van der Waals surface area contributed by atoms with Crippen LogP contribution in [0.1, 0.15) is 39.7 Å². The van der Waals surface area contributed by atoms with Crippen LogP contribution in [0.25, 0.3) is 0 Å². The molecule has 0 radical (unpaired) electrons. The molecule has 0 fully saturated rings. The van der Waals surface area contributed by atoms with Crippen LogP contribution in [0, 0.1) is 17.2 Å². The number of nitrogens with one attached hydrogen (secondary N) is 2. The highest BCUT2D eigenvalue weighted by atomic mass is 35.5. The maximum absolute atomic E-state index is 12.5. The maximum Gasteiger partial charge on any atom is 0.257 e. The highest BCUT2D eigenvalue weighted by Gasteiger charge is 2.24. The van der Waals surface area contributed by atoms with Gasteiger partial charge in [-0.25, -0.2) is 0 Å². The van der Waals surface area contributed by atoms with Gasteiger partial charge in [-0.15, -0.1) is 11.3 Å². The second-order valence-electron chi connectivity index (χ2n) is 6.55. The smallest absolute Gasteiger partial charge is 0.257 e. The minimum atomic E-state index is -0.461. The molecule has 0 aliphatic heterocycles. The van der Waals surface area contributed by atoms with Crippen molar-refractivity contribution in [3.63, 3.8) is 0 Å². The molecule has 2 N–H and O–H groups in total. The molecule has 3 rings (SSSR count). The van der Waals surface area contributed by atoms with Crippen molar-refractivity contribution in [2.75, 3.05) is 12.4 Å². The molecule has 0 saturated heterocycles. The number of thiophene rings is 1. The van der Waals surface area contributed by atoms with Crippen molar-refractivity contribution in [2.45, 2.75) is 26.2 Å². The number of nitriles is 1. The number of thiocarbonyl (C=S) groups is 1. The van der Waals surface area contributed by atoms with E-state index in [1.54, 1.807) is 0 Å². The van der Waals surface area contributed by atoms with Crippen LogP contribution >= 0.6 is 46.8 Å². The molecule has 0 unspecified atom stereocenters. The lowest BCUT2D eigenvalue weighted by atomic mass is 9.89. The molecule has 1 atom stereocenters. The van der Waals surface area contributed by atoms with Gasteiger partial charge in [0.2, 0.25) is 0 Å². The van der Waals surface area contributed by atoms with Gasteiger partial charge in [-0.3, -0.25) is 10.1 Å². The first-order valence-electron chi connectivity index (χ1n) is 8.54. The van der Waals surface area contributed by atoms with Gasteiger partial charge in [-0.1, -0.05) is 30.1 Å². The maximum atomic E-state index is 12.5. The lowest BCUT2D eigenvalue weighted by Crippen LogP contribution is -2.34. The lowest BCUT2D eigenvalue weighted by Gasteiger charge is -2.17. The zero-order valence-corrected chi connectivity index (χ0v) is 18.3. The largest absolute Gasteiger partial charge is 0.494 e. The molecule has 1 heterocycles. The quantitative estimate of drug-likeness (QED) is 0.625. The predicted octanol–water partition coefficient (Wildman–Crippen LogP) is 5.19. The molecular formula is C19H17Cl2N3O2S2. The average molecular weight is 454 g/mol. The minimum absolute atomic E-state index is 0.108. The summed E-state index contributed by atoms with van der Waals surface area (Å²) in [5.41, 5.74) is 1.95. The van der Waals surface area contributed by atoms with Crippen LogP contribution in [0.2, 0.25) is 10.0 Å². The average Bonchev–Trinajstić information content (AvgIpc) is 2.96. The van der Waals surface area contributed by atoms with Gasteiger partial charge >= 0.3 is 0 Å². The Labute approximate surface area is 182 Å². The molecule has 1 aromatic heterocycles. The molecule has 1 aliphatic rings. The third-order valence-electron chi connectivity index (χ3n) is 4.54. The van der Waals surface area contributed by atoms with E-state index in [2.05, 4.69) is 23.6 Å². The summed E-state index contributed by atoms with van der Waals surface area (Å²) in [6.45, 7) is 2.21. The number of anilines is 1. The first-order chi connectivity index (χ1) is 13.3. The molecular weight excluding hydrogens is 437 g/mol. The number of nitrogens with zero attached hydrogens (tertiary/aromatic N) is 1. The van der Waals surface area contributed by atoms with Crippen LogP contribution in [0.3, 0.4) is 0 Å².